The molecule has 1 aromatic carbocycles. The van der Waals surface area contributed by atoms with E-state index in [0.717, 1.165) is 48.8 Å². The molecule has 6 heteroatoms. The number of carbonyl (C=O) groups excluding carboxylic acids is 1. The van der Waals surface area contributed by atoms with Crippen LogP contribution in [0.4, 0.5) is 16.3 Å². The van der Waals surface area contributed by atoms with Crippen molar-refractivity contribution in [2.24, 2.45) is 0 Å². The van der Waals surface area contributed by atoms with Crippen molar-refractivity contribution in [1.29, 1.82) is 0 Å². The molecule has 1 aliphatic heterocycles. The quantitative estimate of drug-likeness (QED) is 0.931. The van der Waals surface area contributed by atoms with Crippen LogP contribution >= 0.6 is 0 Å². The number of pyridine rings is 1. The number of anilines is 2. The van der Waals surface area contributed by atoms with Crippen LogP contribution in [0.5, 0.6) is 0 Å². The van der Waals surface area contributed by atoms with Gasteiger partial charge in [-0.15, -0.1) is 0 Å². The number of carbonyl (C=O) groups is 1. The molecule has 2 aromatic rings. The minimum absolute atomic E-state index is 0.496. The fourth-order valence-electron chi connectivity index (χ4n) is 2.97. The number of methoxy groups -OCH3 is 1. The van der Waals surface area contributed by atoms with Crippen LogP contribution in [0.1, 0.15) is 5.56 Å². The molecule has 2 heterocycles. The Labute approximate surface area is 148 Å². The van der Waals surface area contributed by atoms with Crippen LogP contribution in [0.2, 0.25) is 0 Å². The molecule has 1 aromatic heterocycles. The van der Waals surface area contributed by atoms with E-state index in [4.69, 9.17) is 9.72 Å². The van der Waals surface area contributed by atoms with E-state index in [0.29, 0.717) is 5.69 Å². The van der Waals surface area contributed by atoms with Crippen LogP contribution in [-0.2, 0) is 4.74 Å². The highest BCUT2D eigenvalue weighted by molar-refractivity contribution is 5.91. The third-order valence-corrected chi connectivity index (χ3v) is 4.53. The molecule has 1 amide bonds. The van der Waals surface area contributed by atoms with Gasteiger partial charge in [-0.05, 0) is 31.7 Å². The van der Waals surface area contributed by atoms with Crippen molar-refractivity contribution < 1.29 is 9.53 Å². The maximum absolute atomic E-state index is 11.7. The molecular weight excluding hydrogens is 316 g/mol. The SMILES string of the molecule is COC(=O)Nc1ccc(N2CCN(C)CC2)nc1-c1ccccc1C. The molecule has 3 rings (SSSR count). The van der Waals surface area contributed by atoms with Gasteiger partial charge in [0.1, 0.15) is 5.82 Å². The van der Waals surface area contributed by atoms with Crippen LogP contribution in [-0.4, -0.2) is 56.3 Å². The molecule has 0 spiro atoms. The van der Waals surface area contributed by atoms with Gasteiger partial charge in [-0.2, -0.15) is 0 Å². The number of ether oxygens (including phenoxy) is 1. The van der Waals surface area contributed by atoms with Gasteiger partial charge >= 0.3 is 6.09 Å². The van der Waals surface area contributed by atoms with E-state index >= 15 is 0 Å². The predicted octanol–water partition coefficient (Wildman–Crippen LogP) is 2.99. The highest BCUT2D eigenvalue weighted by atomic mass is 16.5. The van der Waals surface area contributed by atoms with Crippen LogP contribution in [0.3, 0.4) is 0 Å². The zero-order valence-corrected chi connectivity index (χ0v) is 15.0. The summed E-state index contributed by atoms with van der Waals surface area (Å²) in [6.07, 6.45) is -0.496. The highest BCUT2D eigenvalue weighted by Crippen LogP contribution is 2.31. The van der Waals surface area contributed by atoms with E-state index in [9.17, 15) is 4.79 Å². The summed E-state index contributed by atoms with van der Waals surface area (Å²) in [5.41, 5.74) is 3.53. The first kappa shape index (κ1) is 17.2. The maximum atomic E-state index is 11.7. The molecule has 0 aliphatic carbocycles. The second kappa shape index (κ2) is 7.53. The van der Waals surface area contributed by atoms with E-state index in [1.54, 1.807) is 0 Å². The lowest BCUT2D eigenvalue weighted by Crippen LogP contribution is -2.44. The lowest BCUT2D eigenvalue weighted by molar-refractivity contribution is 0.187. The Balaban J connectivity index is 2.00. The summed E-state index contributed by atoms with van der Waals surface area (Å²) in [6, 6.07) is 11.9. The van der Waals surface area contributed by atoms with Crippen molar-refractivity contribution in [1.82, 2.24) is 9.88 Å². The van der Waals surface area contributed by atoms with Gasteiger partial charge in [0.05, 0.1) is 18.5 Å². The molecule has 0 radical (unpaired) electrons. The van der Waals surface area contributed by atoms with Gasteiger partial charge in [0.2, 0.25) is 0 Å². The standard InChI is InChI=1S/C19H24N4O2/c1-14-6-4-5-7-15(14)18-16(20-19(24)25-3)8-9-17(21-18)23-12-10-22(2)11-13-23/h4-9H,10-13H2,1-3H3,(H,20,24). The number of likely N-dealkylation sites (N-methyl/N-ethyl adjacent to an activating group) is 1. The van der Waals surface area contributed by atoms with Crippen molar-refractivity contribution in [2.75, 3.05) is 50.6 Å². The van der Waals surface area contributed by atoms with Gasteiger partial charge < -0.3 is 14.5 Å². The number of hydrogen-bond acceptors (Lipinski definition) is 5. The maximum Gasteiger partial charge on any atom is 0.411 e. The first-order chi connectivity index (χ1) is 12.1. The van der Waals surface area contributed by atoms with Crippen molar-refractivity contribution >= 4 is 17.6 Å². The summed E-state index contributed by atoms with van der Waals surface area (Å²) in [4.78, 5) is 21.2. The zero-order chi connectivity index (χ0) is 17.8. The summed E-state index contributed by atoms with van der Waals surface area (Å²) in [7, 11) is 3.49. The summed E-state index contributed by atoms with van der Waals surface area (Å²) < 4.78 is 4.74. The summed E-state index contributed by atoms with van der Waals surface area (Å²) in [6.45, 7) is 5.97. The van der Waals surface area contributed by atoms with Gasteiger partial charge in [0.25, 0.3) is 0 Å². The van der Waals surface area contributed by atoms with Gasteiger partial charge in [-0.1, -0.05) is 24.3 Å². The van der Waals surface area contributed by atoms with Crippen molar-refractivity contribution in [3.8, 4) is 11.3 Å². The normalized spacial score (nSPS) is 15.1. The van der Waals surface area contributed by atoms with E-state index in [-0.39, 0.29) is 0 Å². The fourth-order valence-corrected chi connectivity index (χ4v) is 2.97. The molecule has 0 bridgehead atoms. The van der Waals surface area contributed by atoms with Gasteiger partial charge in [-0.3, -0.25) is 5.32 Å². The smallest absolute Gasteiger partial charge is 0.411 e. The number of aromatic nitrogens is 1. The van der Waals surface area contributed by atoms with E-state index < -0.39 is 6.09 Å². The molecule has 1 saturated heterocycles. The molecule has 6 nitrogen and oxygen atoms in total. The lowest BCUT2D eigenvalue weighted by atomic mass is 10.0. The van der Waals surface area contributed by atoms with Crippen molar-refractivity contribution in [3.05, 3.63) is 42.0 Å². The predicted molar refractivity (Wildman–Crippen MR) is 100 cm³/mol. The number of nitrogens with one attached hydrogen (secondary N) is 1. The largest absolute Gasteiger partial charge is 0.453 e. The van der Waals surface area contributed by atoms with Crippen LogP contribution in [0.15, 0.2) is 36.4 Å². The summed E-state index contributed by atoms with van der Waals surface area (Å²) >= 11 is 0. The highest BCUT2D eigenvalue weighted by Gasteiger charge is 2.18. The number of benzene rings is 1. The number of hydrogen-bond donors (Lipinski definition) is 1. The van der Waals surface area contributed by atoms with Crippen molar-refractivity contribution in [3.63, 3.8) is 0 Å². The van der Waals surface area contributed by atoms with E-state index in [1.807, 2.05) is 43.3 Å². The van der Waals surface area contributed by atoms with Crippen LogP contribution < -0.4 is 10.2 Å². The Kier molecular flexibility index (Phi) is 5.19. The number of piperazine rings is 1. The van der Waals surface area contributed by atoms with Crippen LogP contribution in [0, 0.1) is 6.92 Å². The Bertz CT molecular complexity index is 755. The van der Waals surface area contributed by atoms with E-state index in [1.165, 1.54) is 7.11 Å². The molecule has 132 valence electrons. The van der Waals surface area contributed by atoms with Gasteiger partial charge in [0.15, 0.2) is 0 Å². The Morgan fingerprint density at radius 1 is 1.12 bits per heavy atom. The first-order valence-corrected chi connectivity index (χ1v) is 8.44. The molecule has 0 atom stereocenters. The number of rotatable bonds is 3. The average Bonchev–Trinajstić information content (AvgIpc) is 2.63. The minimum Gasteiger partial charge on any atom is -0.453 e. The number of amides is 1. The second-order valence-electron chi connectivity index (χ2n) is 6.29. The Morgan fingerprint density at radius 3 is 2.52 bits per heavy atom. The minimum atomic E-state index is -0.496. The lowest BCUT2D eigenvalue weighted by Gasteiger charge is -2.33. The average molecular weight is 340 g/mol. The Hall–Kier alpha value is -2.60. The molecule has 1 N–H and O–H groups in total. The number of nitrogens with zero attached hydrogens (tertiary/aromatic N) is 3. The molecule has 0 unspecified atom stereocenters. The third-order valence-electron chi connectivity index (χ3n) is 4.53. The van der Waals surface area contributed by atoms with Crippen molar-refractivity contribution in [2.45, 2.75) is 6.92 Å². The fraction of sp³-hybridized carbons (Fsp3) is 0.368. The third kappa shape index (κ3) is 3.91. The first-order valence-electron chi connectivity index (χ1n) is 8.44. The topological polar surface area (TPSA) is 57.7 Å². The molecule has 0 saturated carbocycles. The zero-order valence-electron chi connectivity index (χ0n) is 15.0. The summed E-state index contributed by atoms with van der Waals surface area (Å²) in [5, 5.41) is 2.77. The second-order valence-corrected chi connectivity index (χ2v) is 6.29. The molecular formula is C19H24N4O2. The molecule has 1 fully saturated rings. The molecule has 1 aliphatic rings. The van der Waals surface area contributed by atoms with E-state index in [2.05, 4.69) is 22.2 Å². The summed E-state index contributed by atoms with van der Waals surface area (Å²) in [5.74, 6) is 0.932. The Morgan fingerprint density at radius 2 is 1.84 bits per heavy atom. The van der Waals surface area contributed by atoms with Gasteiger partial charge in [-0.25, -0.2) is 9.78 Å². The number of aryl methyl sites for hydroxylation is 1. The molecule has 25 heavy (non-hydrogen) atoms. The monoisotopic (exact) mass is 340 g/mol. The van der Waals surface area contributed by atoms with Crippen LogP contribution in [0.25, 0.3) is 11.3 Å². The van der Waals surface area contributed by atoms with Gasteiger partial charge in [0, 0.05) is 31.7 Å².